The fraction of sp³-hybridized carbons (Fsp3) is 0.739. The minimum atomic E-state index is -0.0554. The molecule has 0 amide bonds. The molecule has 4 rings (SSSR count). The van der Waals surface area contributed by atoms with Crippen LogP contribution in [0.25, 0.3) is 0 Å². The lowest BCUT2D eigenvalue weighted by molar-refractivity contribution is -0.163. The maximum Gasteiger partial charge on any atom is 0.308 e. The second-order valence-corrected chi connectivity index (χ2v) is 9.81. The Kier molecular flexibility index (Phi) is 4.20. The van der Waals surface area contributed by atoms with Gasteiger partial charge in [-0.25, -0.2) is 0 Å². The Labute approximate surface area is 157 Å². The molecule has 142 valence electrons. The number of allylic oxidation sites excluding steroid dienone is 4. The van der Waals surface area contributed by atoms with Crippen LogP contribution in [-0.4, -0.2) is 17.9 Å². The van der Waals surface area contributed by atoms with Crippen LogP contribution in [0.5, 0.6) is 0 Å². The zero-order valence-corrected chi connectivity index (χ0v) is 16.6. The van der Waals surface area contributed by atoms with E-state index in [0.717, 1.165) is 19.3 Å². The number of fused-ring (bicyclic) bond motifs is 5. The summed E-state index contributed by atoms with van der Waals surface area (Å²) in [5.74, 6) is 1.98. The van der Waals surface area contributed by atoms with Crippen molar-refractivity contribution < 1.29 is 14.3 Å². The van der Waals surface area contributed by atoms with Gasteiger partial charge in [0.25, 0.3) is 0 Å². The van der Waals surface area contributed by atoms with Crippen LogP contribution in [0.15, 0.2) is 23.8 Å². The molecule has 0 N–H and O–H groups in total. The van der Waals surface area contributed by atoms with Gasteiger partial charge in [0.05, 0.1) is 5.92 Å². The summed E-state index contributed by atoms with van der Waals surface area (Å²) in [6.07, 6.45) is 12.6. The van der Waals surface area contributed by atoms with Crippen LogP contribution in [0.4, 0.5) is 0 Å². The highest BCUT2D eigenvalue weighted by Gasteiger charge is 2.59. The molecule has 0 heterocycles. The van der Waals surface area contributed by atoms with Crippen molar-refractivity contribution in [3.8, 4) is 0 Å². The molecule has 3 fully saturated rings. The van der Waals surface area contributed by atoms with E-state index >= 15 is 0 Å². The third-order valence-electron chi connectivity index (χ3n) is 8.20. The Morgan fingerprint density at radius 3 is 2.65 bits per heavy atom. The Morgan fingerprint density at radius 1 is 1.15 bits per heavy atom. The highest BCUT2D eigenvalue weighted by molar-refractivity contribution is 6.01. The van der Waals surface area contributed by atoms with Gasteiger partial charge in [-0.15, -0.1) is 0 Å². The Balaban J connectivity index is 1.58. The van der Waals surface area contributed by atoms with Crippen LogP contribution in [-0.2, 0) is 14.3 Å². The van der Waals surface area contributed by atoms with E-state index in [2.05, 4.69) is 19.9 Å². The number of carbonyl (C=O) groups excluding carboxylic acids is 2. The summed E-state index contributed by atoms with van der Waals surface area (Å²) in [7, 11) is 0. The molecule has 4 aliphatic rings. The highest BCUT2D eigenvalue weighted by Crippen LogP contribution is 2.64. The lowest BCUT2D eigenvalue weighted by atomic mass is 9.48. The average molecular weight is 357 g/mol. The van der Waals surface area contributed by atoms with Gasteiger partial charge < -0.3 is 4.74 Å². The first-order valence-corrected chi connectivity index (χ1v) is 10.4. The molecule has 0 radical (unpaired) electrons. The topological polar surface area (TPSA) is 43.4 Å². The molecule has 0 aromatic rings. The van der Waals surface area contributed by atoms with Crippen LogP contribution < -0.4 is 0 Å². The first kappa shape index (κ1) is 18.0. The standard InChI is InChI=1S/C23H32O3/c1-14(2)21(25)26-20-8-7-18-17-6-5-15-13-16(24)9-11-22(15,3)19(17)10-12-23(18,20)4/h9,11,13-14,17-20H,5-8,10,12H2,1-4H3/t17-,18-,19-,20?,22-,23-/m0/s1. The van der Waals surface area contributed by atoms with E-state index < -0.39 is 0 Å². The molecule has 0 aromatic heterocycles. The fourth-order valence-corrected chi connectivity index (χ4v) is 6.62. The molecule has 4 aliphatic carbocycles. The van der Waals surface area contributed by atoms with Crippen molar-refractivity contribution in [2.75, 3.05) is 0 Å². The van der Waals surface area contributed by atoms with Crippen LogP contribution in [0.3, 0.4) is 0 Å². The number of carbonyl (C=O) groups is 2. The van der Waals surface area contributed by atoms with E-state index in [0.29, 0.717) is 17.8 Å². The van der Waals surface area contributed by atoms with Crippen LogP contribution in [0, 0.1) is 34.5 Å². The summed E-state index contributed by atoms with van der Waals surface area (Å²) >= 11 is 0. The van der Waals surface area contributed by atoms with Gasteiger partial charge >= 0.3 is 5.97 Å². The fourth-order valence-electron chi connectivity index (χ4n) is 6.62. The zero-order valence-electron chi connectivity index (χ0n) is 16.6. The lowest BCUT2D eigenvalue weighted by Crippen LogP contribution is -2.51. The number of ketones is 1. The Morgan fingerprint density at radius 2 is 1.92 bits per heavy atom. The van der Waals surface area contributed by atoms with Gasteiger partial charge in [-0.05, 0) is 68.4 Å². The molecule has 3 saturated carbocycles. The van der Waals surface area contributed by atoms with Gasteiger partial charge in [-0.1, -0.05) is 39.3 Å². The minimum absolute atomic E-state index is 0.0465. The van der Waals surface area contributed by atoms with Gasteiger partial charge in [-0.2, -0.15) is 0 Å². The summed E-state index contributed by atoms with van der Waals surface area (Å²) in [6.45, 7) is 8.54. The second kappa shape index (κ2) is 6.07. The minimum Gasteiger partial charge on any atom is -0.462 e. The first-order chi connectivity index (χ1) is 12.3. The van der Waals surface area contributed by atoms with Crippen molar-refractivity contribution in [2.45, 2.75) is 72.3 Å². The van der Waals surface area contributed by atoms with Gasteiger partial charge in [0.1, 0.15) is 6.10 Å². The monoisotopic (exact) mass is 356 g/mol. The summed E-state index contributed by atoms with van der Waals surface area (Å²) in [5, 5.41) is 0. The van der Waals surface area contributed by atoms with E-state index in [4.69, 9.17) is 4.74 Å². The number of hydrogen-bond donors (Lipinski definition) is 0. The molecular formula is C23H32O3. The van der Waals surface area contributed by atoms with E-state index in [-0.39, 0.29) is 34.6 Å². The predicted molar refractivity (Wildman–Crippen MR) is 101 cm³/mol. The second-order valence-electron chi connectivity index (χ2n) is 9.81. The van der Waals surface area contributed by atoms with Crippen molar-refractivity contribution in [3.05, 3.63) is 23.8 Å². The molecule has 0 spiro atoms. The van der Waals surface area contributed by atoms with Gasteiger partial charge in [0, 0.05) is 10.8 Å². The van der Waals surface area contributed by atoms with Crippen molar-refractivity contribution in [2.24, 2.45) is 34.5 Å². The molecule has 26 heavy (non-hydrogen) atoms. The Hall–Kier alpha value is -1.38. The number of hydrogen-bond acceptors (Lipinski definition) is 3. The van der Waals surface area contributed by atoms with Crippen molar-refractivity contribution in [1.82, 2.24) is 0 Å². The van der Waals surface area contributed by atoms with Crippen molar-refractivity contribution in [3.63, 3.8) is 0 Å². The molecule has 0 aliphatic heterocycles. The Bertz CT molecular complexity index is 688. The quantitative estimate of drug-likeness (QED) is 0.664. The van der Waals surface area contributed by atoms with Gasteiger partial charge in [0.15, 0.2) is 5.78 Å². The third-order valence-corrected chi connectivity index (χ3v) is 8.20. The number of ether oxygens (including phenoxy) is 1. The lowest BCUT2D eigenvalue weighted by Gasteiger charge is -2.56. The molecule has 0 saturated heterocycles. The molecule has 3 nitrogen and oxygen atoms in total. The largest absolute Gasteiger partial charge is 0.462 e. The molecule has 3 heteroatoms. The van der Waals surface area contributed by atoms with E-state index in [1.54, 1.807) is 6.08 Å². The third kappa shape index (κ3) is 2.53. The van der Waals surface area contributed by atoms with E-state index in [1.807, 2.05) is 19.9 Å². The SMILES string of the molecule is CC(C)C(=O)OC1CC[C@H]2[C@@H]3CCC4=CC(=O)C=C[C@]4(C)[C@H]3CC[C@]12C. The number of esters is 1. The van der Waals surface area contributed by atoms with E-state index in [9.17, 15) is 9.59 Å². The molecular weight excluding hydrogens is 324 g/mol. The smallest absolute Gasteiger partial charge is 0.308 e. The van der Waals surface area contributed by atoms with Crippen molar-refractivity contribution in [1.29, 1.82) is 0 Å². The highest BCUT2D eigenvalue weighted by atomic mass is 16.5. The normalized spacial score (nSPS) is 44.2. The molecule has 1 unspecified atom stereocenters. The number of rotatable bonds is 2. The average Bonchev–Trinajstić information content (AvgIpc) is 2.92. The van der Waals surface area contributed by atoms with Crippen LogP contribution in [0.2, 0.25) is 0 Å². The van der Waals surface area contributed by atoms with Gasteiger partial charge in [0.2, 0.25) is 0 Å². The first-order valence-electron chi connectivity index (χ1n) is 10.4. The summed E-state index contributed by atoms with van der Waals surface area (Å²) in [5.41, 5.74) is 1.51. The van der Waals surface area contributed by atoms with Crippen LogP contribution in [0.1, 0.15) is 66.2 Å². The van der Waals surface area contributed by atoms with E-state index in [1.165, 1.54) is 24.8 Å². The van der Waals surface area contributed by atoms with Crippen LogP contribution >= 0.6 is 0 Å². The maximum atomic E-state index is 12.2. The molecule has 0 aromatic carbocycles. The molecule has 6 atom stereocenters. The zero-order chi connectivity index (χ0) is 18.7. The van der Waals surface area contributed by atoms with Gasteiger partial charge in [-0.3, -0.25) is 9.59 Å². The predicted octanol–water partition coefficient (Wildman–Crippen LogP) is 4.86. The van der Waals surface area contributed by atoms with Crippen molar-refractivity contribution >= 4 is 11.8 Å². The maximum absolute atomic E-state index is 12.2. The summed E-state index contributed by atoms with van der Waals surface area (Å²) in [6, 6.07) is 0. The summed E-state index contributed by atoms with van der Waals surface area (Å²) in [4.78, 5) is 24.0. The molecule has 0 bridgehead atoms. The summed E-state index contributed by atoms with van der Waals surface area (Å²) < 4.78 is 5.96.